The number of rotatable bonds is 3. The van der Waals surface area contributed by atoms with Crippen LogP contribution in [0.2, 0.25) is 5.02 Å². The summed E-state index contributed by atoms with van der Waals surface area (Å²) in [4.78, 5) is 0. The van der Waals surface area contributed by atoms with Gasteiger partial charge < -0.3 is 0 Å². The topological polar surface area (TPSA) is 12.0 Å². The second kappa shape index (κ2) is 4.65. The molecule has 0 fully saturated rings. The highest BCUT2D eigenvalue weighted by Gasteiger charge is 2.12. The summed E-state index contributed by atoms with van der Waals surface area (Å²) in [5.41, 5.74) is 0.533. The van der Waals surface area contributed by atoms with Crippen LogP contribution in [0, 0.1) is 18.2 Å². The molecule has 0 radical (unpaired) electrons. The lowest BCUT2D eigenvalue weighted by atomic mass is 10.1. The van der Waals surface area contributed by atoms with Gasteiger partial charge in [0.25, 0.3) is 0 Å². The van der Waals surface area contributed by atoms with Crippen molar-refractivity contribution in [3.05, 3.63) is 34.6 Å². The molecule has 1 N–H and O–H groups in total. The van der Waals surface area contributed by atoms with Crippen molar-refractivity contribution < 1.29 is 4.39 Å². The van der Waals surface area contributed by atoms with E-state index in [1.807, 2.05) is 13.8 Å². The number of hydrogen-bond acceptors (Lipinski definition) is 1. The lowest BCUT2D eigenvalue weighted by Gasteiger charge is -2.19. The molecule has 0 aliphatic rings. The monoisotopic (exact) mass is 225 g/mol. The Hall–Kier alpha value is -1.04. The fraction of sp³-hybridized carbons (Fsp3) is 0.333. The van der Waals surface area contributed by atoms with Crippen molar-refractivity contribution in [2.45, 2.75) is 25.9 Å². The largest absolute Gasteiger partial charge is 0.298 e. The molecule has 1 aromatic carbocycles. The van der Waals surface area contributed by atoms with Gasteiger partial charge in [-0.15, -0.1) is 6.42 Å². The fourth-order valence-electron chi connectivity index (χ4n) is 1.02. The Balaban J connectivity index is 2.67. The predicted octanol–water partition coefficient (Wildman–Crippen LogP) is 2.98. The summed E-state index contributed by atoms with van der Waals surface area (Å²) < 4.78 is 12.9. The molecule has 1 rings (SSSR count). The number of benzene rings is 1. The first-order chi connectivity index (χ1) is 6.94. The number of nitrogens with one attached hydrogen (secondary N) is 1. The maximum atomic E-state index is 12.9. The number of hydrogen-bond donors (Lipinski definition) is 1. The highest BCUT2D eigenvalue weighted by molar-refractivity contribution is 6.30. The molecule has 0 aliphatic carbocycles. The molecule has 0 bridgehead atoms. The lowest BCUT2D eigenvalue weighted by molar-refractivity contribution is 0.490. The zero-order valence-electron chi connectivity index (χ0n) is 8.77. The van der Waals surface area contributed by atoms with E-state index in [-0.39, 0.29) is 10.6 Å². The van der Waals surface area contributed by atoms with Crippen molar-refractivity contribution in [2.24, 2.45) is 0 Å². The summed E-state index contributed by atoms with van der Waals surface area (Å²) in [5, 5.41) is 3.29. The molecule has 0 spiro atoms. The van der Waals surface area contributed by atoms with Crippen molar-refractivity contribution in [2.75, 3.05) is 0 Å². The SMILES string of the molecule is C#CC(C)(C)NCc1ccc(F)c(Cl)c1. The Morgan fingerprint density at radius 3 is 2.73 bits per heavy atom. The Morgan fingerprint density at radius 2 is 2.20 bits per heavy atom. The van der Waals surface area contributed by atoms with Crippen LogP contribution in [-0.2, 0) is 6.54 Å². The molecule has 0 saturated carbocycles. The van der Waals surface area contributed by atoms with Gasteiger partial charge in [0.05, 0.1) is 10.6 Å². The van der Waals surface area contributed by atoms with Crippen molar-refractivity contribution in [1.29, 1.82) is 0 Å². The first-order valence-corrected chi connectivity index (χ1v) is 4.99. The second-order valence-electron chi connectivity index (χ2n) is 3.87. The summed E-state index contributed by atoms with van der Waals surface area (Å²) >= 11 is 5.65. The summed E-state index contributed by atoms with van der Waals surface area (Å²) in [5.74, 6) is 2.21. The molecule has 80 valence electrons. The third-order valence-electron chi connectivity index (χ3n) is 2.08. The summed E-state index contributed by atoms with van der Waals surface area (Å²) in [6, 6.07) is 4.62. The van der Waals surface area contributed by atoms with Crippen LogP contribution in [-0.4, -0.2) is 5.54 Å². The van der Waals surface area contributed by atoms with Gasteiger partial charge in [-0.05, 0) is 31.5 Å². The van der Waals surface area contributed by atoms with Crippen LogP contribution in [0.25, 0.3) is 0 Å². The Kier molecular flexibility index (Phi) is 3.73. The first-order valence-electron chi connectivity index (χ1n) is 4.61. The summed E-state index contributed by atoms with van der Waals surface area (Å²) in [6.45, 7) is 4.37. The quantitative estimate of drug-likeness (QED) is 0.780. The van der Waals surface area contributed by atoms with Crippen LogP contribution in [0.4, 0.5) is 4.39 Å². The van der Waals surface area contributed by atoms with E-state index in [1.165, 1.54) is 6.07 Å². The normalized spacial score (nSPS) is 11.1. The van der Waals surface area contributed by atoms with Crippen LogP contribution >= 0.6 is 11.6 Å². The van der Waals surface area contributed by atoms with E-state index in [0.29, 0.717) is 6.54 Å². The van der Waals surface area contributed by atoms with Crippen LogP contribution in [0.5, 0.6) is 0 Å². The minimum Gasteiger partial charge on any atom is -0.298 e. The molecule has 0 unspecified atom stereocenters. The van der Waals surface area contributed by atoms with E-state index in [9.17, 15) is 4.39 Å². The average molecular weight is 226 g/mol. The molecule has 1 aromatic rings. The Morgan fingerprint density at radius 1 is 1.53 bits per heavy atom. The lowest BCUT2D eigenvalue weighted by Crippen LogP contribution is -2.36. The van der Waals surface area contributed by atoms with Gasteiger partial charge in [-0.2, -0.15) is 0 Å². The zero-order chi connectivity index (χ0) is 11.5. The van der Waals surface area contributed by atoms with Gasteiger partial charge in [0.1, 0.15) is 5.82 Å². The maximum absolute atomic E-state index is 12.9. The molecule has 0 atom stereocenters. The van der Waals surface area contributed by atoms with Gasteiger partial charge in [0.2, 0.25) is 0 Å². The summed E-state index contributed by atoms with van der Waals surface area (Å²) in [6.07, 6.45) is 5.33. The molecule has 0 saturated heterocycles. The number of terminal acetylenes is 1. The maximum Gasteiger partial charge on any atom is 0.141 e. The van der Waals surface area contributed by atoms with Crippen molar-refractivity contribution >= 4 is 11.6 Å². The van der Waals surface area contributed by atoms with Crippen LogP contribution in [0.15, 0.2) is 18.2 Å². The smallest absolute Gasteiger partial charge is 0.141 e. The zero-order valence-corrected chi connectivity index (χ0v) is 9.53. The highest BCUT2D eigenvalue weighted by atomic mass is 35.5. The van der Waals surface area contributed by atoms with Crippen molar-refractivity contribution in [3.63, 3.8) is 0 Å². The van der Waals surface area contributed by atoms with Crippen molar-refractivity contribution in [1.82, 2.24) is 5.32 Å². The first kappa shape index (κ1) is 12.0. The van der Waals surface area contributed by atoms with Gasteiger partial charge in [0, 0.05) is 6.54 Å². The van der Waals surface area contributed by atoms with E-state index < -0.39 is 5.82 Å². The van der Waals surface area contributed by atoms with E-state index in [0.717, 1.165) is 5.56 Å². The molecule has 1 nitrogen and oxygen atoms in total. The van der Waals surface area contributed by atoms with E-state index in [4.69, 9.17) is 18.0 Å². The van der Waals surface area contributed by atoms with Gasteiger partial charge in [-0.3, -0.25) is 5.32 Å². The standard InChI is InChI=1S/C12H13ClFN/c1-4-12(2,3)15-8-9-5-6-11(14)10(13)7-9/h1,5-7,15H,8H2,2-3H3. The minimum atomic E-state index is -0.406. The molecular weight excluding hydrogens is 213 g/mol. The van der Waals surface area contributed by atoms with E-state index >= 15 is 0 Å². The molecule has 0 aliphatic heterocycles. The average Bonchev–Trinajstić information content (AvgIpc) is 2.20. The molecule has 3 heteroatoms. The van der Waals surface area contributed by atoms with Crippen LogP contribution < -0.4 is 5.32 Å². The van der Waals surface area contributed by atoms with Gasteiger partial charge in [0.15, 0.2) is 0 Å². The molecular formula is C12H13ClFN. The van der Waals surface area contributed by atoms with E-state index in [2.05, 4.69) is 11.2 Å². The Bertz CT molecular complexity index is 393. The minimum absolute atomic E-state index is 0.132. The third-order valence-corrected chi connectivity index (χ3v) is 2.37. The van der Waals surface area contributed by atoms with Crippen molar-refractivity contribution in [3.8, 4) is 12.3 Å². The van der Waals surface area contributed by atoms with Gasteiger partial charge >= 0.3 is 0 Å². The fourth-order valence-corrected chi connectivity index (χ4v) is 1.23. The molecule has 0 heterocycles. The Labute approximate surface area is 94.6 Å². The molecule has 0 amide bonds. The van der Waals surface area contributed by atoms with Crippen LogP contribution in [0.3, 0.4) is 0 Å². The van der Waals surface area contributed by atoms with Gasteiger partial charge in [-0.25, -0.2) is 4.39 Å². The van der Waals surface area contributed by atoms with E-state index in [1.54, 1.807) is 12.1 Å². The molecule has 15 heavy (non-hydrogen) atoms. The highest BCUT2D eigenvalue weighted by Crippen LogP contribution is 2.16. The predicted molar refractivity (Wildman–Crippen MR) is 61.2 cm³/mol. The van der Waals surface area contributed by atoms with Crippen LogP contribution in [0.1, 0.15) is 19.4 Å². The summed E-state index contributed by atoms with van der Waals surface area (Å²) in [7, 11) is 0. The second-order valence-corrected chi connectivity index (χ2v) is 4.28. The molecule has 0 aromatic heterocycles. The third kappa shape index (κ3) is 3.54. The van der Waals surface area contributed by atoms with Gasteiger partial charge in [-0.1, -0.05) is 23.6 Å². The number of halogens is 2.